The van der Waals surface area contributed by atoms with Gasteiger partial charge in [-0.1, -0.05) is 0 Å². The standard InChI is InChI=1S/C21H22F2N4O3/c1-11-3-4-13(27-26-11)9-29-15-5-6-16-19(17(20(24)28)12(2)30-16)18(15)14-7-8-25-10-21(14,22)23/h3-6,14,25H,7-10H2,1-2H3,(H2,24,28). The second-order valence-corrected chi connectivity index (χ2v) is 7.48. The molecular weight excluding hydrogens is 394 g/mol. The van der Waals surface area contributed by atoms with Crippen LogP contribution in [0.1, 0.15) is 45.4 Å². The largest absolute Gasteiger partial charge is 0.487 e. The Morgan fingerprint density at radius 2 is 2.10 bits per heavy atom. The highest BCUT2D eigenvalue weighted by Crippen LogP contribution is 2.47. The molecule has 2 aromatic heterocycles. The molecule has 3 N–H and O–H groups in total. The number of piperidine rings is 1. The number of amides is 1. The van der Waals surface area contributed by atoms with Crippen molar-refractivity contribution in [2.24, 2.45) is 5.73 Å². The van der Waals surface area contributed by atoms with Crippen LogP contribution in [0.15, 0.2) is 28.7 Å². The third kappa shape index (κ3) is 3.60. The number of hydrogen-bond donors (Lipinski definition) is 2. The number of carbonyl (C=O) groups excluding carboxylic acids is 1. The number of fused-ring (bicyclic) bond motifs is 1. The lowest BCUT2D eigenvalue weighted by Crippen LogP contribution is -2.44. The summed E-state index contributed by atoms with van der Waals surface area (Å²) in [6.45, 7) is 3.41. The molecule has 30 heavy (non-hydrogen) atoms. The van der Waals surface area contributed by atoms with E-state index >= 15 is 0 Å². The third-order valence-electron chi connectivity index (χ3n) is 5.34. The Labute approximate surface area is 171 Å². The minimum Gasteiger partial charge on any atom is -0.487 e. The zero-order chi connectivity index (χ0) is 21.5. The van der Waals surface area contributed by atoms with E-state index in [0.29, 0.717) is 23.2 Å². The number of aryl methyl sites for hydroxylation is 2. The Bertz CT molecular complexity index is 1100. The first-order valence-corrected chi connectivity index (χ1v) is 9.64. The highest BCUT2D eigenvalue weighted by Gasteiger charge is 2.45. The van der Waals surface area contributed by atoms with Crippen LogP contribution < -0.4 is 15.8 Å². The second-order valence-electron chi connectivity index (χ2n) is 7.48. The van der Waals surface area contributed by atoms with Crippen molar-refractivity contribution in [2.45, 2.75) is 38.7 Å². The molecule has 7 nitrogen and oxygen atoms in total. The first kappa shape index (κ1) is 20.2. The zero-order valence-corrected chi connectivity index (χ0v) is 16.7. The van der Waals surface area contributed by atoms with Crippen LogP contribution in [0.4, 0.5) is 8.78 Å². The van der Waals surface area contributed by atoms with Crippen LogP contribution in [0.25, 0.3) is 11.0 Å². The summed E-state index contributed by atoms with van der Waals surface area (Å²) in [4.78, 5) is 12.1. The predicted molar refractivity (Wildman–Crippen MR) is 106 cm³/mol. The summed E-state index contributed by atoms with van der Waals surface area (Å²) in [7, 11) is 0. The monoisotopic (exact) mass is 416 g/mol. The van der Waals surface area contributed by atoms with Crippen molar-refractivity contribution in [1.29, 1.82) is 0 Å². The number of carbonyl (C=O) groups is 1. The fourth-order valence-corrected chi connectivity index (χ4v) is 3.93. The minimum atomic E-state index is -3.03. The van der Waals surface area contributed by atoms with Crippen molar-refractivity contribution < 1.29 is 22.7 Å². The lowest BCUT2D eigenvalue weighted by molar-refractivity contribution is -0.0423. The molecule has 3 heterocycles. The van der Waals surface area contributed by atoms with Gasteiger partial charge in [0.15, 0.2) is 0 Å². The summed E-state index contributed by atoms with van der Waals surface area (Å²) < 4.78 is 41.4. The number of nitrogens with zero attached hydrogens (tertiary/aromatic N) is 2. The van der Waals surface area contributed by atoms with Crippen LogP contribution in [-0.2, 0) is 6.61 Å². The smallest absolute Gasteiger partial charge is 0.267 e. The molecule has 0 spiro atoms. The van der Waals surface area contributed by atoms with Gasteiger partial charge >= 0.3 is 0 Å². The number of aromatic nitrogens is 2. The molecule has 0 bridgehead atoms. The van der Waals surface area contributed by atoms with Crippen LogP contribution in [0.2, 0.25) is 0 Å². The number of alkyl halides is 2. The van der Waals surface area contributed by atoms with Crippen LogP contribution >= 0.6 is 0 Å². The van der Waals surface area contributed by atoms with Crippen molar-refractivity contribution in [3.8, 4) is 5.75 Å². The first-order chi connectivity index (χ1) is 14.3. The summed E-state index contributed by atoms with van der Waals surface area (Å²) in [6, 6.07) is 6.75. The molecule has 0 saturated carbocycles. The second kappa shape index (κ2) is 7.64. The number of ether oxygens (including phenoxy) is 1. The molecule has 1 amide bonds. The summed E-state index contributed by atoms with van der Waals surface area (Å²) >= 11 is 0. The van der Waals surface area contributed by atoms with Crippen molar-refractivity contribution in [3.05, 3.63) is 52.5 Å². The molecule has 4 rings (SSSR count). The van der Waals surface area contributed by atoms with Gasteiger partial charge < -0.3 is 20.2 Å². The maximum atomic E-state index is 14.9. The number of halogens is 2. The lowest BCUT2D eigenvalue weighted by atomic mass is 9.83. The van der Waals surface area contributed by atoms with Crippen LogP contribution in [0.3, 0.4) is 0 Å². The molecule has 1 saturated heterocycles. The molecule has 1 atom stereocenters. The molecule has 9 heteroatoms. The van der Waals surface area contributed by atoms with E-state index in [4.69, 9.17) is 14.9 Å². The molecule has 1 fully saturated rings. The number of hydrogen-bond acceptors (Lipinski definition) is 6. The van der Waals surface area contributed by atoms with Crippen LogP contribution in [-0.4, -0.2) is 35.1 Å². The van der Waals surface area contributed by atoms with E-state index in [9.17, 15) is 13.6 Å². The van der Waals surface area contributed by atoms with E-state index in [2.05, 4.69) is 15.5 Å². The number of furan rings is 1. The Morgan fingerprint density at radius 3 is 2.77 bits per heavy atom. The molecule has 1 aliphatic heterocycles. The van der Waals surface area contributed by atoms with E-state index in [1.165, 1.54) is 0 Å². The van der Waals surface area contributed by atoms with Crippen molar-refractivity contribution in [2.75, 3.05) is 13.1 Å². The van der Waals surface area contributed by atoms with Gasteiger partial charge in [-0.3, -0.25) is 4.79 Å². The van der Waals surface area contributed by atoms with E-state index < -0.39 is 24.3 Å². The molecule has 3 aromatic rings. The van der Waals surface area contributed by atoms with Crippen LogP contribution in [0.5, 0.6) is 5.75 Å². The Balaban J connectivity index is 1.85. The summed E-state index contributed by atoms with van der Waals surface area (Å²) in [5.74, 6) is -4.38. The van der Waals surface area contributed by atoms with Gasteiger partial charge in [-0.25, -0.2) is 8.78 Å². The van der Waals surface area contributed by atoms with Crippen molar-refractivity contribution in [3.63, 3.8) is 0 Å². The van der Waals surface area contributed by atoms with Gasteiger partial charge in [0, 0.05) is 10.9 Å². The molecule has 0 radical (unpaired) electrons. The average molecular weight is 416 g/mol. The van der Waals surface area contributed by atoms with E-state index in [1.54, 1.807) is 31.2 Å². The highest BCUT2D eigenvalue weighted by atomic mass is 19.3. The van der Waals surface area contributed by atoms with E-state index in [0.717, 1.165) is 5.69 Å². The number of nitrogens with one attached hydrogen (secondary N) is 1. The number of nitrogens with two attached hydrogens (primary N) is 1. The maximum Gasteiger partial charge on any atom is 0.267 e. The zero-order valence-electron chi connectivity index (χ0n) is 16.7. The summed E-state index contributed by atoms with van der Waals surface area (Å²) in [6.07, 6.45) is 0.176. The van der Waals surface area contributed by atoms with Crippen molar-refractivity contribution in [1.82, 2.24) is 15.5 Å². The van der Waals surface area contributed by atoms with Gasteiger partial charge in [-0.2, -0.15) is 10.2 Å². The molecule has 1 aromatic carbocycles. The Kier molecular flexibility index (Phi) is 5.15. The number of benzene rings is 1. The Morgan fingerprint density at radius 1 is 1.30 bits per heavy atom. The van der Waals surface area contributed by atoms with E-state index in [1.807, 2.05) is 6.92 Å². The molecule has 1 unspecified atom stereocenters. The molecule has 158 valence electrons. The normalized spacial score (nSPS) is 18.5. The minimum absolute atomic E-state index is 0.0467. The van der Waals surface area contributed by atoms with Gasteiger partial charge in [0.05, 0.1) is 23.7 Å². The summed E-state index contributed by atoms with van der Waals surface area (Å²) in [5.41, 5.74) is 7.55. The van der Waals surface area contributed by atoms with Gasteiger partial charge in [-0.05, 0) is 51.1 Å². The maximum absolute atomic E-state index is 14.9. The van der Waals surface area contributed by atoms with Gasteiger partial charge in [0.2, 0.25) is 0 Å². The van der Waals surface area contributed by atoms with Crippen LogP contribution in [0, 0.1) is 13.8 Å². The molecular formula is C21H22F2N4O3. The number of primary amides is 1. The quantitative estimate of drug-likeness (QED) is 0.662. The first-order valence-electron chi connectivity index (χ1n) is 9.64. The highest BCUT2D eigenvalue weighted by molar-refractivity contribution is 6.08. The third-order valence-corrected chi connectivity index (χ3v) is 5.34. The Hall–Kier alpha value is -3.07. The van der Waals surface area contributed by atoms with Gasteiger partial charge in [0.25, 0.3) is 11.8 Å². The average Bonchev–Trinajstić information content (AvgIpc) is 3.03. The SMILES string of the molecule is Cc1ccc(COc2ccc3oc(C)c(C(N)=O)c3c2C2CCNCC2(F)F)nn1. The molecule has 0 aliphatic carbocycles. The van der Waals surface area contributed by atoms with Crippen molar-refractivity contribution >= 4 is 16.9 Å². The molecule has 1 aliphatic rings. The fraction of sp³-hybridized carbons (Fsp3) is 0.381. The van der Waals surface area contributed by atoms with E-state index in [-0.39, 0.29) is 35.7 Å². The predicted octanol–water partition coefficient (Wildman–Crippen LogP) is 3.23. The fourth-order valence-electron chi connectivity index (χ4n) is 3.93. The topological polar surface area (TPSA) is 103 Å². The van der Waals surface area contributed by atoms with Gasteiger partial charge in [-0.15, -0.1) is 0 Å². The summed E-state index contributed by atoms with van der Waals surface area (Å²) in [5, 5.41) is 11.0. The number of rotatable bonds is 5. The lowest BCUT2D eigenvalue weighted by Gasteiger charge is -2.33. The van der Waals surface area contributed by atoms with Gasteiger partial charge in [0.1, 0.15) is 29.4 Å².